The lowest BCUT2D eigenvalue weighted by atomic mass is 10.2. The Kier molecular flexibility index (Phi) is 3.24. The van der Waals surface area contributed by atoms with Crippen molar-refractivity contribution in [1.82, 2.24) is 4.98 Å². The molecular weight excluding hydrogens is 276 g/mol. The Labute approximate surface area is 121 Å². The molecule has 5 heteroatoms. The average molecular weight is 289 g/mol. The number of benzene rings is 2. The standard InChI is InChI=1S/C15H13ClN2O2/c1-9-2-4-13(11(16)6-9)19-8-15-18-12-7-10(17)3-5-14(12)20-15/h2-7H,8,17H2,1H3. The molecule has 0 saturated heterocycles. The molecule has 20 heavy (non-hydrogen) atoms. The summed E-state index contributed by atoms with van der Waals surface area (Å²) >= 11 is 6.10. The molecule has 102 valence electrons. The van der Waals surface area contributed by atoms with Crippen LogP contribution in [0.1, 0.15) is 11.5 Å². The van der Waals surface area contributed by atoms with Gasteiger partial charge in [-0.3, -0.25) is 0 Å². The van der Waals surface area contributed by atoms with Crippen LogP contribution in [0.4, 0.5) is 5.69 Å². The summed E-state index contributed by atoms with van der Waals surface area (Å²) in [5.41, 5.74) is 8.85. The van der Waals surface area contributed by atoms with Crippen molar-refractivity contribution in [3.63, 3.8) is 0 Å². The predicted octanol–water partition coefficient (Wildman–Crippen LogP) is 3.95. The van der Waals surface area contributed by atoms with Gasteiger partial charge in [-0.15, -0.1) is 0 Å². The zero-order valence-electron chi connectivity index (χ0n) is 10.9. The van der Waals surface area contributed by atoms with E-state index >= 15 is 0 Å². The van der Waals surface area contributed by atoms with Crippen molar-refractivity contribution in [3.05, 3.63) is 52.9 Å². The number of rotatable bonds is 3. The van der Waals surface area contributed by atoms with Gasteiger partial charge in [0.25, 0.3) is 0 Å². The third-order valence-electron chi connectivity index (χ3n) is 2.89. The number of nitrogens with two attached hydrogens (primary N) is 1. The van der Waals surface area contributed by atoms with E-state index in [1.165, 1.54) is 0 Å². The number of nitrogens with zero attached hydrogens (tertiary/aromatic N) is 1. The molecule has 1 heterocycles. The van der Waals surface area contributed by atoms with Crippen LogP contribution in [0.15, 0.2) is 40.8 Å². The number of aromatic nitrogens is 1. The lowest BCUT2D eigenvalue weighted by Crippen LogP contribution is -1.96. The van der Waals surface area contributed by atoms with Gasteiger partial charge in [0, 0.05) is 5.69 Å². The van der Waals surface area contributed by atoms with Crippen molar-refractivity contribution >= 4 is 28.4 Å². The molecule has 2 N–H and O–H groups in total. The van der Waals surface area contributed by atoms with Crippen molar-refractivity contribution < 1.29 is 9.15 Å². The number of halogens is 1. The molecule has 0 aliphatic rings. The second kappa shape index (κ2) is 5.06. The van der Waals surface area contributed by atoms with Crippen molar-refractivity contribution in [1.29, 1.82) is 0 Å². The number of ether oxygens (including phenoxy) is 1. The van der Waals surface area contributed by atoms with E-state index in [0.717, 1.165) is 11.1 Å². The number of aryl methyl sites for hydroxylation is 1. The van der Waals surface area contributed by atoms with Crippen LogP contribution in [0.2, 0.25) is 5.02 Å². The highest BCUT2D eigenvalue weighted by Gasteiger charge is 2.08. The smallest absolute Gasteiger partial charge is 0.233 e. The SMILES string of the molecule is Cc1ccc(OCc2nc3cc(N)ccc3o2)c(Cl)c1. The summed E-state index contributed by atoms with van der Waals surface area (Å²) in [6.45, 7) is 2.19. The topological polar surface area (TPSA) is 61.3 Å². The second-order valence-electron chi connectivity index (χ2n) is 4.56. The monoisotopic (exact) mass is 288 g/mol. The molecule has 3 aromatic rings. The summed E-state index contributed by atoms with van der Waals surface area (Å²) in [6.07, 6.45) is 0. The summed E-state index contributed by atoms with van der Waals surface area (Å²) in [7, 11) is 0. The first kappa shape index (κ1) is 12.8. The van der Waals surface area contributed by atoms with Gasteiger partial charge in [-0.25, -0.2) is 4.98 Å². The third kappa shape index (κ3) is 2.56. The molecule has 2 aromatic carbocycles. The summed E-state index contributed by atoms with van der Waals surface area (Å²) in [5, 5.41) is 0.574. The van der Waals surface area contributed by atoms with Gasteiger partial charge >= 0.3 is 0 Å². The fraction of sp³-hybridized carbons (Fsp3) is 0.133. The van der Waals surface area contributed by atoms with Gasteiger partial charge in [-0.2, -0.15) is 0 Å². The normalized spacial score (nSPS) is 10.9. The Morgan fingerprint density at radius 1 is 1.25 bits per heavy atom. The van der Waals surface area contributed by atoms with Crippen LogP contribution in [0.5, 0.6) is 5.75 Å². The minimum absolute atomic E-state index is 0.220. The van der Waals surface area contributed by atoms with E-state index in [4.69, 9.17) is 26.5 Å². The molecule has 0 saturated carbocycles. The summed E-state index contributed by atoms with van der Waals surface area (Å²) in [6, 6.07) is 11.0. The molecular formula is C15H13ClN2O2. The van der Waals surface area contributed by atoms with Crippen molar-refractivity contribution in [2.24, 2.45) is 0 Å². The van der Waals surface area contributed by atoms with Crippen molar-refractivity contribution in [3.8, 4) is 5.75 Å². The fourth-order valence-corrected chi connectivity index (χ4v) is 2.21. The molecule has 0 spiro atoms. The van der Waals surface area contributed by atoms with E-state index in [0.29, 0.717) is 27.9 Å². The molecule has 3 rings (SSSR count). The fourth-order valence-electron chi connectivity index (χ4n) is 1.92. The zero-order chi connectivity index (χ0) is 14.1. The van der Waals surface area contributed by atoms with E-state index in [9.17, 15) is 0 Å². The molecule has 0 aliphatic heterocycles. The maximum absolute atomic E-state index is 6.10. The first-order valence-corrected chi connectivity index (χ1v) is 6.53. The van der Waals surface area contributed by atoms with E-state index in [2.05, 4.69) is 4.98 Å². The highest BCUT2D eigenvalue weighted by Crippen LogP contribution is 2.26. The molecule has 0 bridgehead atoms. The van der Waals surface area contributed by atoms with Crippen LogP contribution in [0.3, 0.4) is 0 Å². The van der Waals surface area contributed by atoms with Crippen molar-refractivity contribution in [2.45, 2.75) is 13.5 Å². The molecule has 1 aromatic heterocycles. The molecule has 0 unspecified atom stereocenters. The van der Waals surface area contributed by atoms with Crippen LogP contribution in [-0.2, 0) is 6.61 Å². The van der Waals surface area contributed by atoms with Gasteiger partial charge in [0.05, 0.1) is 5.02 Å². The summed E-state index contributed by atoms with van der Waals surface area (Å²) in [5.74, 6) is 1.10. The maximum atomic E-state index is 6.10. The highest BCUT2D eigenvalue weighted by atomic mass is 35.5. The van der Waals surface area contributed by atoms with Gasteiger partial charge in [0.1, 0.15) is 11.3 Å². The number of anilines is 1. The van der Waals surface area contributed by atoms with E-state index in [-0.39, 0.29) is 6.61 Å². The maximum Gasteiger partial charge on any atom is 0.233 e. The van der Waals surface area contributed by atoms with E-state index in [1.54, 1.807) is 18.2 Å². The average Bonchev–Trinajstić information content (AvgIpc) is 2.79. The molecule has 0 aliphatic carbocycles. The van der Waals surface area contributed by atoms with Gasteiger partial charge in [-0.1, -0.05) is 17.7 Å². The van der Waals surface area contributed by atoms with Gasteiger partial charge in [-0.05, 0) is 42.8 Å². The van der Waals surface area contributed by atoms with Crippen LogP contribution in [0.25, 0.3) is 11.1 Å². The lowest BCUT2D eigenvalue weighted by molar-refractivity contribution is 0.267. The predicted molar refractivity (Wildman–Crippen MR) is 78.9 cm³/mol. The summed E-state index contributed by atoms with van der Waals surface area (Å²) in [4.78, 5) is 4.32. The number of fused-ring (bicyclic) bond motifs is 1. The lowest BCUT2D eigenvalue weighted by Gasteiger charge is -2.06. The molecule has 0 radical (unpaired) electrons. The van der Waals surface area contributed by atoms with Crippen LogP contribution in [-0.4, -0.2) is 4.98 Å². The quantitative estimate of drug-likeness (QED) is 0.741. The Balaban J connectivity index is 1.79. The Bertz CT molecular complexity index is 768. The summed E-state index contributed by atoms with van der Waals surface area (Å²) < 4.78 is 11.2. The Hall–Kier alpha value is -2.20. The highest BCUT2D eigenvalue weighted by molar-refractivity contribution is 6.32. The number of oxazole rings is 1. The van der Waals surface area contributed by atoms with Gasteiger partial charge < -0.3 is 14.9 Å². The van der Waals surface area contributed by atoms with E-state index in [1.807, 2.05) is 25.1 Å². The second-order valence-corrected chi connectivity index (χ2v) is 4.96. The van der Waals surface area contributed by atoms with Crippen LogP contribution in [0, 0.1) is 6.92 Å². The first-order chi connectivity index (χ1) is 9.61. The minimum atomic E-state index is 0.220. The van der Waals surface area contributed by atoms with Crippen molar-refractivity contribution in [2.75, 3.05) is 5.73 Å². The third-order valence-corrected chi connectivity index (χ3v) is 3.19. The number of hydrogen-bond acceptors (Lipinski definition) is 4. The van der Waals surface area contributed by atoms with Gasteiger partial charge in [0.15, 0.2) is 12.2 Å². The number of hydrogen-bond donors (Lipinski definition) is 1. The van der Waals surface area contributed by atoms with Crippen LogP contribution >= 0.6 is 11.6 Å². The minimum Gasteiger partial charge on any atom is -0.482 e. The Morgan fingerprint density at radius 2 is 2.10 bits per heavy atom. The molecule has 0 atom stereocenters. The molecule has 0 fully saturated rings. The van der Waals surface area contributed by atoms with E-state index < -0.39 is 0 Å². The molecule has 0 amide bonds. The number of nitrogen functional groups attached to an aromatic ring is 1. The van der Waals surface area contributed by atoms with Gasteiger partial charge in [0.2, 0.25) is 5.89 Å². The Morgan fingerprint density at radius 3 is 2.90 bits per heavy atom. The first-order valence-electron chi connectivity index (χ1n) is 6.16. The largest absolute Gasteiger partial charge is 0.482 e. The van der Waals surface area contributed by atoms with Crippen LogP contribution < -0.4 is 10.5 Å². The zero-order valence-corrected chi connectivity index (χ0v) is 11.6. The molecule has 4 nitrogen and oxygen atoms in total.